The Kier molecular flexibility index (Phi) is 4.81. The minimum atomic E-state index is -0.307. The molecule has 0 saturated heterocycles. The van der Waals surface area contributed by atoms with Crippen molar-refractivity contribution >= 4 is 50.4 Å². The topological polar surface area (TPSA) is 80.9 Å². The van der Waals surface area contributed by atoms with Crippen LogP contribution in [0.3, 0.4) is 0 Å². The number of hydrogen-bond donors (Lipinski definition) is 1. The third kappa shape index (κ3) is 3.90. The van der Waals surface area contributed by atoms with Gasteiger partial charge in [-0.05, 0) is 37.1 Å². The number of thiazole rings is 1. The number of aromatic nitrogens is 3. The maximum absolute atomic E-state index is 15.0. The number of halogens is 2. The van der Waals surface area contributed by atoms with Crippen molar-refractivity contribution in [1.82, 2.24) is 20.5 Å². The van der Waals surface area contributed by atoms with Crippen LogP contribution >= 0.6 is 34.3 Å². The molecule has 1 aliphatic rings. The van der Waals surface area contributed by atoms with E-state index in [-0.39, 0.29) is 24.2 Å². The highest BCUT2D eigenvalue weighted by molar-refractivity contribution is 7.20. The quantitative estimate of drug-likeness (QED) is 0.457. The number of fused-ring (bicyclic) bond motifs is 1. The molecule has 1 aromatic carbocycles. The van der Waals surface area contributed by atoms with Crippen molar-refractivity contribution in [2.45, 2.75) is 25.8 Å². The first-order chi connectivity index (χ1) is 14.1. The third-order valence-electron chi connectivity index (χ3n) is 4.55. The molecule has 3 heterocycles. The van der Waals surface area contributed by atoms with E-state index in [1.54, 1.807) is 24.3 Å². The highest BCUT2D eigenvalue weighted by atomic mass is 35.5. The smallest absolute Gasteiger partial charge is 0.235 e. The summed E-state index contributed by atoms with van der Waals surface area (Å²) in [6.07, 6.45) is 2.19. The predicted molar refractivity (Wildman–Crippen MR) is 110 cm³/mol. The summed E-state index contributed by atoms with van der Waals surface area (Å²) in [7, 11) is 0. The van der Waals surface area contributed by atoms with Crippen molar-refractivity contribution in [3.05, 3.63) is 51.2 Å². The van der Waals surface area contributed by atoms with Crippen molar-refractivity contribution in [2.24, 2.45) is 5.92 Å². The van der Waals surface area contributed by atoms with Gasteiger partial charge in [-0.3, -0.25) is 4.79 Å². The van der Waals surface area contributed by atoms with Crippen LogP contribution in [0.1, 0.15) is 29.6 Å². The van der Waals surface area contributed by atoms with Gasteiger partial charge in [0.25, 0.3) is 0 Å². The molecule has 5 rings (SSSR count). The average Bonchev–Trinajstić information content (AvgIpc) is 3.10. The maximum Gasteiger partial charge on any atom is 0.235 e. The molecule has 3 aromatic heterocycles. The molecule has 1 amide bonds. The minimum Gasteiger partial charge on any atom is -0.423 e. The highest BCUT2D eigenvalue weighted by Crippen LogP contribution is 2.37. The second kappa shape index (κ2) is 7.47. The van der Waals surface area contributed by atoms with Crippen LogP contribution in [0, 0.1) is 11.7 Å². The molecule has 148 valence electrons. The van der Waals surface area contributed by atoms with Gasteiger partial charge in [-0.15, -0.1) is 32.9 Å². The van der Waals surface area contributed by atoms with Crippen LogP contribution in [-0.4, -0.2) is 21.1 Å². The first-order valence-corrected chi connectivity index (χ1v) is 11.0. The number of carbonyl (C=O) groups excluding carboxylic acids is 1. The molecule has 1 N–H and O–H groups in total. The molecule has 1 fully saturated rings. The molecule has 0 unspecified atom stereocenters. The molecule has 0 aliphatic heterocycles. The molecule has 1 saturated carbocycles. The van der Waals surface area contributed by atoms with E-state index in [0.29, 0.717) is 43.3 Å². The van der Waals surface area contributed by atoms with Gasteiger partial charge in [0.1, 0.15) is 5.01 Å². The summed E-state index contributed by atoms with van der Waals surface area (Å²) in [5, 5.41) is 11.4. The van der Waals surface area contributed by atoms with Gasteiger partial charge in [0.2, 0.25) is 17.7 Å². The summed E-state index contributed by atoms with van der Waals surface area (Å²) in [6.45, 7) is 0.212. The number of nitrogens with one attached hydrogen (secondary N) is 1. The predicted octanol–water partition coefficient (Wildman–Crippen LogP) is 4.82. The van der Waals surface area contributed by atoms with Gasteiger partial charge in [0, 0.05) is 16.4 Å². The van der Waals surface area contributed by atoms with Crippen LogP contribution in [0.25, 0.3) is 20.7 Å². The highest BCUT2D eigenvalue weighted by Gasteiger charge is 2.29. The van der Waals surface area contributed by atoms with Crippen LogP contribution in [0.15, 0.2) is 28.7 Å². The van der Waals surface area contributed by atoms with Crippen molar-refractivity contribution in [2.75, 3.05) is 0 Å². The van der Waals surface area contributed by atoms with Crippen molar-refractivity contribution in [3.8, 4) is 10.4 Å². The van der Waals surface area contributed by atoms with Gasteiger partial charge in [-0.25, -0.2) is 9.37 Å². The van der Waals surface area contributed by atoms with Crippen molar-refractivity contribution in [3.63, 3.8) is 0 Å². The molecule has 0 radical (unpaired) electrons. The SMILES string of the molecule is O=C(NCc1nnc(Cc2nc3ccc(-c4ccc(Cl)s4)c(F)c3s2)o1)C1CC1. The normalized spacial score (nSPS) is 13.9. The lowest BCUT2D eigenvalue weighted by Gasteiger charge is -2.00. The van der Waals surface area contributed by atoms with Crippen LogP contribution in [0.2, 0.25) is 4.34 Å². The zero-order valence-corrected chi connectivity index (χ0v) is 17.3. The summed E-state index contributed by atoms with van der Waals surface area (Å²) in [5.74, 6) is 0.571. The molecule has 10 heteroatoms. The second-order valence-electron chi connectivity index (χ2n) is 6.75. The Morgan fingerprint density at radius 2 is 2.03 bits per heavy atom. The summed E-state index contributed by atoms with van der Waals surface area (Å²) < 4.78 is 21.7. The molecule has 4 aromatic rings. The third-order valence-corrected chi connectivity index (χ3v) is 6.88. The molecular formula is C19H14ClFN4O2S2. The fraction of sp³-hybridized carbons (Fsp3) is 0.263. The van der Waals surface area contributed by atoms with E-state index in [9.17, 15) is 4.79 Å². The van der Waals surface area contributed by atoms with E-state index in [0.717, 1.165) is 17.7 Å². The fourth-order valence-electron chi connectivity index (χ4n) is 2.94. The molecule has 0 bridgehead atoms. The molecular weight excluding hydrogens is 435 g/mol. The number of benzene rings is 1. The van der Waals surface area contributed by atoms with Crippen molar-refractivity contribution in [1.29, 1.82) is 0 Å². The summed E-state index contributed by atoms with van der Waals surface area (Å²) >= 11 is 8.57. The van der Waals surface area contributed by atoms with Gasteiger partial charge in [-0.1, -0.05) is 11.6 Å². The molecule has 29 heavy (non-hydrogen) atoms. The largest absolute Gasteiger partial charge is 0.423 e. The monoisotopic (exact) mass is 448 g/mol. The molecule has 6 nitrogen and oxygen atoms in total. The molecule has 1 aliphatic carbocycles. The Morgan fingerprint density at radius 3 is 2.79 bits per heavy atom. The van der Waals surface area contributed by atoms with Gasteiger partial charge < -0.3 is 9.73 Å². The zero-order valence-electron chi connectivity index (χ0n) is 14.9. The van der Waals surface area contributed by atoms with E-state index in [1.165, 1.54) is 22.7 Å². The van der Waals surface area contributed by atoms with E-state index < -0.39 is 0 Å². The fourth-order valence-corrected chi connectivity index (χ4v) is 5.00. The van der Waals surface area contributed by atoms with Crippen LogP contribution < -0.4 is 5.32 Å². The van der Waals surface area contributed by atoms with E-state index in [1.807, 2.05) is 0 Å². The number of carbonyl (C=O) groups is 1. The molecule has 0 atom stereocenters. The number of thiophene rings is 1. The standard InChI is InChI=1S/C19H14ClFN4O2S2/c20-13-6-5-12(28-13)10-3-4-11-18(17(10)21)29-16(23-11)7-14-24-25-15(27-14)8-22-19(26)9-1-2-9/h3-6,9H,1-2,7-8H2,(H,22,26). The second-order valence-corrected chi connectivity index (χ2v) is 9.54. The summed E-state index contributed by atoms with van der Waals surface area (Å²) in [6, 6.07) is 7.08. The lowest BCUT2D eigenvalue weighted by Crippen LogP contribution is -2.24. The van der Waals surface area contributed by atoms with Gasteiger partial charge in [0.15, 0.2) is 5.82 Å². The maximum atomic E-state index is 15.0. The van der Waals surface area contributed by atoms with E-state index >= 15 is 4.39 Å². The van der Waals surface area contributed by atoms with Crippen LogP contribution in [-0.2, 0) is 17.8 Å². The Morgan fingerprint density at radius 1 is 1.21 bits per heavy atom. The van der Waals surface area contributed by atoms with Crippen LogP contribution in [0.4, 0.5) is 4.39 Å². The number of nitrogens with zero attached hydrogens (tertiary/aromatic N) is 3. The Labute approximate surface area is 177 Å². The lowest BCUT2D eigenvalue weighted by atomic mass is 10.1. The van der Waals surface area contributed by atoms with Gasteiger partial charge in [-0.2, -0.15) is 0 Å². The first-order valence-electron chi connectivity index (χ1n) is 8.99. The Balaban J connectivity index is 1.33. The molecule has 0 spiro atoms. The number of hydrogen-bond acceptors (Lipinski definition) is 7. The summed E-state index contributed by atoms with van der Waals surface area (Å²) in [5.41, 5.74) is 1.10. The zero-order chi connectivity index (χ0) is 20.0. The Bertz CT molecular complexity index is 1210. The van der Waals surface area contributed by atoms with E-state index in [2.05, 4.69) is 20.5 Å². The number of amides is 1. The first kappa shape index (κ1) is 18.7. The average molecular weight is 449 g/mol. The number of rotatable bonds is 6. The van der Waals surface area contributed by atoms with Crippen molar-refractivity contribution < 1.29 is 13.6 Å². The van der Waals surface area contributed by atoms with Crippen LogP contribution in [0.5, 0.6) is 0 Å². The van der Waals surface area contributed by atoms with E-state index in [4.69, 9.17) is 16.0 Å². The minimum absolute atomic E-state index is 0.0224. The van der Waals surface area contributed by atoms with Gasteiger partial charge in [0.05, 0.1) is 27.5 Å². The Hall–Kier alpha value is -2.36. The lowest BCUT2D eigenvalue weighted by molar-refractivity contribution is -0.122. The summed E-state index contributed by atoms with van der Waals surface area (Å²) in [4.78, 5) is 16.9. The van der Waals surface area contributed by atoms with Gasteiger partial charge >= 0.3 is 0 Å².